The molecular weight excluding hydrogens is 822 g/mol. The predicted molar refractivity (Wildman–Crippen MR) is 87.8 cm³/mol. The standard InChI is InChI=1S/C16H2F30N2O2/c17-3(18,5(21,22)7(25,26)9(29,30)11(33,34)13(37,38)15(41,42)43)1(49)47-48-2(50)4(19,20)6(23,24)8(27,28)10(31,32)12(35,36)14(39,40)16(44,45)46/h(H,47,49)(H,48,50). The Labute approximate surface area is 249 Å². The molecule has 0 saturated carbocycles. The van der Waals surface area contributed by atoms with Crippen LogP contribution in [0.4, 0.5) is 132 Å². The molecule has 0 aromatic rings. The van der Waals surface area contributed by atoms with Gasteiger partial charge in [-0.25, -0.2) is 0 Å². The zero-order valence-electron chi connectivity index (χ0n) is 21.2. The molecule has 50 heavy (non-hydrogen) atoms. The highest BCUT2D eigenvalue weighted by Crippen LogP contribution is 2.64. The quantitative estimate of drug-likeness (QED) is 0.156. The average Bonchev–Trinajstić information content (AvgIpc) is 2.88. The molecule has 4 nitrogen and oxygen atoms in total. The SMILES string of the molecule is O=C(NNC(=O)C(F)(F)C(F)(F)C(F)(F)C(F)(F)C(F)(F)C(F)(F)C(F)(F)F)C(F)(F)C(F)(F)C(F)(F)C(F)(F)C(F)(F)C(F)(F)C(F)(F)F. The molecular formula is C16H2F30N2O2. The molecule has 0 heterocycles. The van der Waals surface area contributed by atoms with Crippen LogP contribution in [0.3, 0.4) is 0 Å². The van der Waals surface area contributed by atoms with Gasteiger partial charge in [0.05, 0.1) is 0 Å². The zero-order chi connectivity index (χ0) is 41.6. The first kappa shape index (κ1) is 46.8. The minimum absolute atomic E-state index is 1.04. The molecule has 0 aliphatic rings. The number of hydrogen-bond donors (Lipinski definition) is 2. The van der Waals surface area contributed by atoms with Crippen LogP contribution < -0.4 is 10.9 Å². The first-order valence-corrected chi connectivity index (χ1v) is 10.3. The largest absolute Gasteiger partial charge is 0.460 e. The number of amides is 2. The Bertz CT molecular complexity index is 1190. The van der Waals surface area contributed by atoms with Gasteiger partial charge in [-0.15, -0.1) is 0 Å². The van der Waals surface area contributed by atoms with E-state index < -0.39 is 106 Å². The van der Waals surface area contributed by atoms with Gasteiger partial charge < -0.3 is 0 Å². The second-order valence-electron chi connectivity index (χ2n) is 8.80. The lowest BCUT2D eigenvalue weighted by Crippen LogP contribution is -2.75. The van der Waals surface area contributed by atoms with Crippen molar-refractivity contribution in [2.24, 2.45) is 0 Å². The zero-order valence-corrected chi connectivity index (χ0v) is 21.2. The van der Waals surface area contributed by atoms with Crippen LogP contribution in [0.1, 0.15) is 0 Å². The highest BCUT2D eigenvalue weighted by atomic mass is 19.4. The van der Waals surface area contributed by atoms with Crippen molar-refractivity contribution in [1.29, 1.82) is 0 Å². The van der Waals surface area contributed by atoms with E-state index in [1.54, 1.807) is 0 Å². The van der Waals surface area contributed by atoms with Crippen molar-refractivity contribution < 1.29 is 141 Å². The molecule has 2 amide bonds. The van der Waals surface area contributed by atoms with Crippen molar-refractivity contribution >= 4 is 11.8 Å². The van der Waals surface area contributed by atoms with E-state index in [0.717, 1.165) is 0 Å². The Morgan fingerprint density at radius 2 is 0.380 bits per heavy atom. The van der Waals surface area contributed by atoms with Crippen LogP contribution in [-0.2, 0) is 9.59 Å². The van der Waals surface area contributed by atoms with Gasteiger partial charge in [0.2, 0.25) is 0 Å². The summed E-state index contributed by atoms with van der Waals surface area (Å²) in [7, 11) is 0. The Kier molecular flexibility index (Phi) is 10.9. The van der Waals surface area contributed by atoms with E-state index in [-0.39, 0.29) is 0 Å². The molecule has 0 atom stereocenters. The molecule has 0 aromatic heterocycles. The van der Waals surface area contributed by atoms with Gasteiger partial charge in [0.15, 0.2) is 0 Å². The maximum absolute atomic E-state index is 13.6. The van der Waals surface area contributed by atoms with Gasteiger partial charge in [-0.05, 0) is 0 Å². The van der Waals surface area contributed by atoms with Gasteiger partial charge in [0.25, 0.3) is 0 Å². The summed E-state index contributed by atoms with van der Waals surface area (Å²) >= 11 is 0. The molecule has 0 fully saturated rings. The van der Waals surface area contributed by atoms with Gasteiger partial charge in [-0.2, -0.15) is 132 Å². The number of carbonyl (C=O) groups excluding carboxylic acids is 2. The number of rotatable bonds is 12. The molecule has 0 aliphatic heterocycles. The van der Waals surface area contributed by atoms with Crippen LogP contribution in [-0.4, -0.2) is 95.2 Å². The van der Waals surface area contributed by atoms with Crippen LogP contribution in [0.2, 0.25) is 0 Å². The third-order valence-corrected chi connectivity index (χ3v) is 5.52. The van der Waals surface area contributed by atoms with Crippen molar-refractivity contribution in [3.63, 3.8) is 0 Å². The molecule has 0 saturated heterocycles. The summed E-state index contributed by atoms with van der Waals surface area (Å²) in [5, 5.41) is 0. The average molecular weight is 824 g/mol. The molecule has 298 valence electrons. The van der Waals surface area contributed by atoms with Gasteiger partial charge in [0, 0.05) is 0 Å². The van der Waals surface area contributed by atoms with E-state index in [0.29, 0.717) is 0 Å². The van der Waals surface area contributed by atoms with Gasteiger partial charge in [-0.1, -0.05) is 0 Å². The molecule has 0 bridgehead atoms. The Balaban J connectivity index is 6.71. The summed E-state index contributed by atoms with van der Waals surface area (Å²) in [6.45, 7) is 0. The smallest absolute Gasteiger partial charge is 0.266 e. The normalized spacial score (nSPS) is 16.4. The number of nitrogens with one attached hydrogen (secondary N) is 2. The number of hydrogen-bond acceptors (Lipinski definition) is 2. The van der Waals surface area contributed by atoms with Crippen molar-refractivity contribution in [3.8, 4) is 0 Å². The fourth-order valence-electron chi connectivity index (χ4n) is 2.49. The maximum atomic E-state index is 13.6. The van der Waals surface area contributed by atoms with E-state index in [9.17, 15) is 141 Å². The van der Waals surface area contributed by atoms with Crippen molar-refractivity contribution in [1.82, 2.24) is 10.9 Å². The van der Waals surface area contributed by atoms with Crippen molar-refractivity contribution in [3.05, 3.63) is 0 Å². The van der Waals surface area contributed by atoms with E-state index in [1.807, 2.05) is 0 Å². The van der Waals surface area contributed by atoms with E-state index in [4.69, 9.17) is 0 Å². The lowest BCUT2D eigenvalue weighted by Gasteiger charge is -2.41. The molecule has 34 heteroatoms. The second kappa shape index (κ2) is 11.7. The van der Waals surface area contributed by atoms with Crippen molar-refractivity contribution in [2.45, 2.75) is 83.4 Å². The minimum Gasteiger partial charge on any atom is -0.266 e. The third-order valence-electron chi connectivity index (χ3n) is 5.52. The first-order chi connectivity index (χ1) is 21.0. The van der Waals surface area contributed by atoms with Crippen LogP contribution in [0.15, 0.2) is 0 Å². The molecule has 0 radical (unpaired) electrons. The summed E-state index contributed by atoms with van der Waals surface area (Å²) in [6, 6.07) is 0. The molecule has 0 aliphatic carbocycles. The van der Waals surface area contributed by atoms with E-state index in [2.05, 4.69) is 0 Å². The topological polar surface area (TPSA) is 58.2 Å². The molecule has 2 N–H and O–H groups in total. The second-order valence-corrected chi connectivity index (χ2v) is 8.80. The summed E-state index contributed by atoms with van der Waals surface area (Å²) in [6.07, 6.45) is -16.2. The van der Waals surface area contributed by atoms with Crippen LogP contribution in [0.5, 0.6) is 0 Å². The highest BCUT2D eigenvalue weighted by Gasteiger charge is 2.95. The summed E-state index contributed by atoms with van der Waals surface area (Å²) in [5.41, 5.74) is -2.07. The van der Waals surface area contributed by atoms with E-state index >= 15 is 0 Å². The predicted octanol–water partition coefficient (Wildman–Crippen LogP) is 7.88. The first-order valence-electron chi connectivity index (χ1n) is 10.3. The molecule has 0 rings (SSSR count). The van der Waals surface area contributed by atoms with Gasteiger partial charge in [0.1, 0.15) is 0 Å². The fraction of sp³-hybridized carbons (Fsp3) is 0.875. The molecule has 0 aromatic carbocycles. The summed E-state index contributed by atoms with van der Waals surface area (Å²) in [5.74, 6) is -116. The Hall–Kier alpha value is -3.16. The molecule has 0 unspecified atom stereocenters. The van der Waals surface area contributed by atoms with Crippen LogP contribution in [0, 0.1) is 0 Å². The maximum Gasteiger partial charge on any atom is 0.460 e. The number of hydrazine groups is 1. The van der Waals surface area contributed by atoms with Gasteiger partial charge in [-0.3, -0.25) is 20.4 Å². The summed E-state index contributed by atoms with van der Waals surface area (Å²) in [4.78, 5) is 22.0. The van der Waals surface area contributed by atoms with Crippen LogP contribution in [0.25, 0.3) is 0 Å². The monoisotopic (exact) mass is 824 g/mol. The number of halogens is 30. The number of alkyl halides is 30. The van der Waals surface area contributed by atoms with Gasteiger partial charge >= 0.3 is 95.2 Å². The lowest BCUT2D eigenvalue weighted by molar-refractivity contribution is -0.449. The molecule has 0 spiro atoms. The highest BCUT2D eigenvalue weighted by molar-refractivity contribution is 5.90. The lowest BCUT2D eigenvalue weighted by atomic mass is 9.90. The minimum atomic E-state index is -9.10. The fourth-order valence-corrected chi connectivity index (χ4v) is 2.49. The Morgan fingerprint density at radius 1 is 0.240 bits per heavy atom. The van der Waals surface area contributed by atoms with Crippen molar-refractivity contribution in [2.75, 3.05) is 0 Å². The third kappa shape index (κ3) is 5.81. The van der Waals surface area contributed by atoms with E-state index in [1.165, 1.54) is 0 Å². The number of carbonyl (C=O) groups is 2. The van der Waals surface area contributed by atoms with Crippen LogP contribution >= 0.6 is 0 Å². The Morgan fingerprint density at radius 3 is 0.540 bits per heavy atom. The summed E-state index contributed by atoms with van der Waals surface area (Å²) < 4.78 is 392.